The van der Waals surface area contributed by atoms with Crippen molar-refractivity contribution >= 4 is 23.8 Å². The number of rotatable bonds is 2. The van der Waals surface area contributed by atoms with Crippen LogP contribution in [0.3, 0.4) is 0 Å². The number of carbonyl (C=O) groups is 1. The van der Waals surface area contributed by atoms with Gasteiger partial charge < -0.3 is 9.64 Å². The third kappa shape index (κ3) is 4.14. The number of fused-ring (bicyclic) bond motifs is 1. The molecule has 3 unspecified atom stereocenters. The smallest absolute Gasteiger partial charge is 0.292 e. The fourth-order valence-electron chi connectivity index (χ4n) is 2.72. The fourth-order valence-corrected chi connectivity index (χ4v) is 2.90. The number of carbonyl (C=O) groups excluding carboxylic acids is 1. The van der Waals surface area contributed by atoms with E-state index in [-0.39, 0.29) is 0 Å². The van der Waals surface area contributed by atoms with Gasteiger partial charge in [-0.25, -0.2) is 0 Å². The monoisotopic (exact) mass is 297 g/mol. The summed E-state index contributed by atoms with van der Waals surface area (Å²) in [4.78, 5) is 11.4. The molecule has 3 nitrogen and oxygen atoms in total. The first-order valence-corrected chi connectivity index (χ1v) is 7.53. The molecule has 4 heteroatoms. The van der Waals surface area contributed by atoms with Crippen molar-refractivity contribution in [3.05, 3.63) is 29.3 Å². The van der Waals surface area contributed by atoms with Crippen LogP contribution in [-0.2, 0) is 9.53 Å². The minimum Gasteiger partial charge on any atom is -0.471 e. The topological polar surface area (TPSA) is 29.5 Å². The SMILES string of the molecule is CC.CC1C2CC2CN1c1cccc(Cl)c1.COC=O. The lowest BCUT2D eigenvalue weighted by atomic mass is 10.2. The molecule has 0 radical (unpaired) electrons. The first kappa shape index (κ1) is 16.8. The van der Waals surface area contributed by atoms with Crippen LogP contribution in [-0.4, -0.2) is 26.2 Å². The van der Waals surface area contributed by atoms with Crippen molar-refractivity contribution in [1.29, 1.82) is 0 Å². The summed E-state index contributed by atoms with van der Waals surface area (Å²) in [5.41, 5.74) is 1.29. The van der Waals surface area contributed by atoms with Crippen LogP contribution in [0.25, 0.3) is 0 Å². The minimum absolute atomic E-state index is 0.375. The average molecular weight is 298 g/mol. The minimum atomic E-state index is 0.375. The van der Waals surface area contributed by atoms with E-state index in [1.807, 2.05) is 26.0 Å². The zero-order chi connectivity index (χ0) is 15.1. The van der Waals surface area contributed by atoms with Crippen molar-refractivity contribution in [2.75, 3.05) is 18.6 Å². The van der Waals surface area contributed by atoms with E-state index in [4.69, 9.17) is 16.4 Å². The molecule has 1 aliphatic carbocycles. The molecule has 20 heavy (non-hydrogen) atoms. The van der Waals surface area contributed by atoms with E-state index in [9.17, 15) is 0 Å². The van der Waals surface area contributed by atoms with E-state index in [0.717, 1.165) is 16.9 Å². The molecule has 1 aromatic rings. The normalized spacial score (nSPS) is 25.4. The number of benzene rings is 1. The van der Waals surface area contributed by atoms with E-state index in [0.29, 0.717) is 12.5 Å². The predicted molar refractivity (Wildman–Crippen MR) is 84.3 cm³/mol. The van der Waals surface area contributed by atoms with Gasteiger partial charge in [0.1, 0.15) is 0 Å². The lowest BCUT2D eigenvalue weighted by molar-refractivity contribution is -0.126. The summed E-state index contributed by atoms with van der Waals surface area (Å²) in [5.74, 6) is 1.91. The second kappa shape index (κ2) is 8.15. The molecule has 0 aromatic heterocycles. The van der Waals surface area contributed by atoms with Crippen LogP contribution in [0.2, 0.25) is 5.02 Å². The quantitative estimate of drug-likeness (QED) is 0.773. The first-order valence-electron chi connectivity index (χ1n) is 7.16. The predicted octanol–water partition coefficient (Wildman–Crippen LogP) is 4.00. The average Bonchev–Trinajstić information content (AvgIpc) is 3.19. The Morgan fingerprint density at radius 3 is 2.50 bits per heavy atom. The molecule has 2 fully saturated rings. The molecule has 0 spiro atoms. The largest absolute Gasteiger partial charge is 0.471 e. The number of methoxy groups -OCH3 is 1. The highest BCUT2D eigenvalue weighted by Gasteiger charge is 2.50. The van der Waals surface area contributed by atoms with Gasteiger partial charge in [-0.3, -0.25) is 4.79 Å². The molecule has 1 heterocycles. The molecule has 3 rings (SSSR count). The highest BCUT2D eigenvalue weighted by Crippen LogP contribution is 2.50. The summed E-state index contributed by atoms with van der Waals surface area (Å²) < 4.78 is 3.86. The van der Waals surface area contributed by atoms with Gasteiger partial charge in [-0.1, -0.05) is 31.5 Å². The molecular weight excluding hydrogens is 274 g/mol. The number of anilines is 1. The van der Waals surface area contributed by atoms with Crippen molar-refractivity contribution in [2.24, 2.45) is 11.8 Å². The van der Waals surface area contributed by atoms with E-state index in [1.165, 1.54) is 25.8 Å². The Balaban J connectivity index is 0.000000291. The van der Waals surface area contributed by atoms with Gasteiger partial charge in [-0.15, -0.1) is 0 Å². The van der Waals surface area contributed by atoms with Crippen LogP contribution < -0.4 is 4.90 Å². The van der Waals surface area contributed by atoms with Crippen molar-refractivity contribution in [2.45, 2.75) is 33.2 Å². The number of hydrogen-bond acceptors (Lipinski definition) is 3. The van der Waals surface area contributed by atoms with Gasteiger partial charge >= 0.3 is 0 Å². The molecule has 1 saturated carbocycles. The molecule has 3 atom stereocenters. The van der Waals surface area contributed by atoms with Crippen LogP contribution >= 0.6 is 11.6 Å². The number of hydrogen-bond donors (Lipinski definition) is 0. The van der Waals surface area contributed by atoms with Gasteiger partial charge in [-0.05, 0) is 43.4 Å². The summed E-state index contributed by atoms with van der Waals surface area (Å²) >= 11 is 5.99. The second-order valence-electron chi connectivity index (χ2n) is 4.86. The van der Waals surface area contributed by atoms with Gasteiger partial charge in [0.15, 0.2) is 0 Å². The maximum atomic E-state index is 8.95. The van der Waals surface area contributed by atoms with E-state index >= 15 is 0 Å². The zero-order valence-electron chi connectivity index (χ0n) is 12.7. The van der Waals surface area contributed by atoms with Crippen molar-refractivity contribution in [1.82, 2.24) is 0 Å². The van der Waals surface area contributed by atoms with Crippen LogP contribution in [0.15, 0.2) is 24.3 Å². The van der Waals surface area contributed by atoms with Gasteiger partial charge in [-0.2, -0.15) is 0 Å². The Morgan fingerprint density at radius 1 is 1.40 bits per heavy atom. The molecule has 0 bridgehead atoms. The van der Waals surface area contributed by atoms with Gasteiger partial charge in [0.2, 0.25) is 0 Å². The third-order valence-electron chi connectivity index (χ3n) is 3.76. The number of piperidine rings is 1. The standard InChI is InChI=1S/C12H14ClN.C2H4O2.C2H6/c1-8-12-5-9(12)7-14(8)11-4-2-3-10(13)6-11;1-4-2-3;1-2/h2-4,6,8-9,12H,5,7H2,1H3;2H,1H3;1-2H3. The maximum Gasteiger partial charge on any atom is 0.292 e. The Bertz CT molecular complexity index is 425. The summed E-state index contributed by atoms with van der Waals surface area (Å²) in [6.45, 7) is 7.94. The van der Waals surface area contributed by atoms with Crippen LogP contribution in [0.5, 0.6) is 0 Å². The Labute approximate surface area is 126 Å². The first-order chi connectivity index (χ1) is 9.67. The summed E-state index contributed by atoms with van der Waals surface area (Å²) in [5, 5.41) is 0.843. The lowest BCUT2D eigenvalue weighted by Crippen LogP contribution is -2.30. The zero-order valence-corrected chi connectivity index (χ0v) is 13.4. The molecule has 0 amide bonds. The Hall–Kier alpha value is -1.22. The third-order valence-corrected chi connectivity index (χ3v) is 3.99. The van der Waals surface area contributed by atoms with Crippen molar-refractivity contribution < 1.29 is 9.53 Å². The van der Waals surface area contributed by atoms with Crippen molar-refractivity contribution in [3.63, 3.8) is 0 Å². The molecular formula is C16H24ClNO2. The Kier molecular flexibility index (Phi) is 6.86. The van der Waals surface area contributed by atoms with Gasteiger partial charge in [0.25, 0.3) is 6.47 Å². The molecule has 1 aromatic carbocycles. The second-order valence-corrected chi connectivity index (χ2v) is 5.30. The van der Waals surface area contributed by atoms with E-state index in [2.05, 4.69) is 28.7 Å². The summed E-state index contributed by atoms with van der Waals surface area (Å²) in [6.07, 6.45) is 1.44. The molecule has 2 aliphatic rings. The van der Waals surface area contributed by atoms with Crippen LogP contribution in [0.4, 0.5) is 5.69 Å². The number of ether oxygens (including phenoxy) is 1. The summed E-state index contributed by atoms with van der Waals surface area (Å²) in [6, 6.07) is 8.91. The van der Waals surface area contributed by atoms with Crippen molar-refractivity contribution in [3.8, 4) is 0 Å². The molecule has 1 aliphatic heterocycles. The van der Waals surface area contributed by atoms with Crippen LogP contribution in [0, 0.1) is 11.8 Å². The fraction of sp³-hybridized carbons (Fsp3) is 0.562. The molecule has 1 saturated heterocycles. The van der Waals surface area contributed by atoms with Crippen LogP contribution in [0.1, 0.15) is 27.2 Å². The maximum absolute atomic E-state index is 8.95. The van der Waals surface area contributed by atoms with E-state index in [1.54, 1.807) is 0 Å². The Morgan fingerprint density at radius 2 is 2.05 bits per heavy atom. The molecule has 112 valence electrons. The highest BCUT2D eigenvalue weighted by molar-refractivity contribution is 6.30. The van der Waals surface area contributed by atoms with E-state index < -0.39 is 0 Å². The summed E-state index contributed by atoms with van der Waals surface area (Å²) in [7, 11) is 1.31. The highest BCUT2D eigenvalue weighted by atomic mass is 35.5. The lowest BCUT2D eigenvalue weighted by Gasteiger charge is -2.26. The van der Waals surface area contributed by atoms with Gasteiger partial charge in [0.05, 0.1) is 7.11 Å². The number of nitrogens with zero attached hydrogens (tertiary/aromatic N) is 1. The number of halogens is 1. The van der Waals surface area contributed by atoms with Gasteiger partial charge in [0, 0.05) is 23.3 Å². The molecule has 0 N–H and O–H groups in total.